The summed E-state index contributed by atoms with van der Waals surface area (Å²) in [6.45, 7) is 2.31. The molecule has 1 saturated carbocycles. The van der Waals surface area contributed by atoms with Gasteiger partial charge in [-0.05, 0) is 38.8 Å². The fraction of sp³-hybridized carbons (Fsp3) is 0.615. The Morgan fingerprint density at radius 3 is 2.74 bits per heavy atom. The lowest BCUT2D eigenvalue weighted by Crippen LogP contribution is -2.43. The molecule has 0 saturated heterocycles. The molecule has 2 atom stereocenters. The number of nitrogens with zero attached hydrogens (tertiary/aromatic N) is 3. The van der Waals surface area contributed by atoms with E-state index in [4.69, 9.17) is 0 Å². The third-order valence-electron chi connectivity index (χ3n) is 3.48. The molecular weight excluding hydrogens is 244 g/mol. The van der Waals surface area contributed by atoms with Gasteiger partial charge in [0.15, 0.2) is 0 Å². The molecule has 1 amide bonds. The van der Waals surface area contributed by atoms with Crippen LogP contribution in [0.3, 0.4) is 0 Å². The summed E-state index contributed by atoms with van der Waals surface area (Å²) in [5, 5.41) is 12.5. The highest BCUT2D eigenvalue weighted by Crippen LogP contribution is 2.32. The first-order valence-corrected chi connectivity index (χ1v) is 6.54. The summed E-state index contributed by atoms with van der Waals surface area (Å²) in [5.41, 5.74) is 0. The average Bonchev–Trinajstić information content (AvgIpc) is 3.23. The minimum Gasteiger partial charge on any atom is -0.392 e. The minimum absolute atomic E-state index is 0.170. The fourth-order valence-corrected chi connectivity index (χ4v) is 1.86. The number of carbonyl (C=O) groups excluding carboxylic acids is 1. The van der Waals surface area contributed by atoms with Gasteiger partial charge in [0.25, 0.3) is 0 Å². The van der Waals surface area contributed by atoms with E-state index < -0.39 is 0 Å². The van der Waals surface area contributed by atoms with E-state index in [1.54, 1.807) is 25.4 Å². The van der Waals surface area contributed by atoms with Crippen LogP contribution >= 0.6 is 0 Å². The topological polar surface area (TPSA) is 78.4 Å². The second-order valence-electron chi connectivity index (χ2n) is 5.08. The van der Waals surface area contributed by atoms with E-state index in [9.17, 15) is 9.90 Å². The third-order valence-corrected chi connectivity index (χ3v) is 3.48. The molecule has 2 N–H and O–H groups in total. The Balaban J connectivity index is 1.83. The monoisotopic (exact) mass is 264 g/mol. The highest BCUT2D eigenvalue weighted by atomic mass is 16.3. The van der Waals surface area contributed by atoms with Crippen LogP contribution in [-0.4, -0.2) is 51.6 Å². The molecule has 2 rings (SSSR count). The van der Waals surface area contributed by atoms with Gasteiger partial charge in [0, 0.05) is 18.9 Å². The highest BCUT2D eigenvalue weighted by Gasteiger charge is 2.31. The Labute approximate surface area is 112 Å². The van der Waals surface area contributed by atoms with Gasteiger partial charge in [-0.15, -0.1) is 0 Å². The van der Waals surface area contributed by atoms with Crippen LogP contribution in [0.5, 0.6) is 0 Å². The molecule has 1 heterocycles. The molecule has 0 bridgehead atoms. The van der Waals surface area contributed by atoms with Gasteiger partial charge in [0.05, 0.1) is 12.1 Å². The molecule has 104 valence electrons. The van der Waals surface area contributed by atoms with Crippen molar-refractivity contribution in [3.8, 4) is 0 Å². The minimum atomic E-state index is -0.340. The average molecular weight is 264 g/mol. The number of nitrogens with one attached hydrogen (secondary N) is 1. The molecule has 6 heteroatoms. The van der Waals surface area contributed by atoms with E-state index in [0.29, 0.717) is 18.4 Å². The lowest BCUT2D eigenvalue weighted by Gasteiger charge is -2.25. The predicted octanol–water partition coefficient (Wildman–Crippen LogP) is 0.506. The number of carbonyl (C=O) groups is 1. The van der Waals surface area contributed by atoms with Crippen LogP contribution in [0.25, 0.3) is 0 Å². The quantitative estimate of drug-likeness (QED) is 0.782. The van der Waals surface area contributed by atoms with Crippen molar-refractivity contribution in [2.45, 2.75) is 31.9 Å². The summed E-state index contributed by atoms with van der Waals surface area (Å²) < 4.78 is 0. The Hall–Kier alpha value is -1.53. The van der Waals surface area contributed by atoms with Crippen molar-refractivity contribution >= 4 is 11.9 Å². The maximum Gasteiger partial charge on any atom is 0.243 e. The van der Waals surface area contributed by atoms with E-state index in [2.05, 4.69) is 15.3 Å². The Morgan fingerprint density at radius 2 is 2.16 bits per heavy atom. The molecule has 0 radical (unpaired) electrons. The van der Waals surface area contributed by atoms with Crippen molar-refractivity contribution in [3.63, 3.8) is 0 Å². The summed E-state index contributed by atoms with van der Waals surface area (Å²) in [6, 6.07) is 1.36. The van der Waals surface area contributed by atoms with Crippen LogP contribution in [0.15, 0.2) is 18.5 Å². The molecule has 1 aliphatic carbocycles. The van der Waals surface area contributed by atoms with Gasteiger partial charge in [0.1, 0.15) is 0 Å². The third kappa shape index (κ3) is 3.97. The molecule has 1 aromatic rings. The van der Waals surface area contributed by atoms with Gasteiger partial charge >= 0.3 is 0 Å². The predicted molar refractivity (Wildman–Crippen MR) is 71.5 cm³/mol. The molecule has 1 aliphatic rings. The zero-order valence-corrected chi connectivity index (χ0v) is 11.3. The van der Waals surface area contributed by atoms with Crippen molar-refractivity contribution in [3.05, 3.63) is 18.5 Å². The lowest BCUT2D eigenvalue weighted by molar-refractivity contribution is -0.120. The molecule has 0 spiro atoms. The molecule has 0 aromatic carbocycles. The largest absolute Gasteiger partial charge is 0.392 e. The molecule has 19 heavy (non-hydrogen) atoms. The Kier molecular flexibility index (Phi) is 4.44. The standard InChI is InChI=1S/C13H20N4O2/c1-9(17(2)8-11(18)10-4-5-10)12(19)16-13-14-6-3-7-15-13/h3,6-7,9-11,18H,4-5,8H2,1-2H3,(H,14,15,16,19). The first kappa shape index (κ1) is 13.9. The number of rotatable bonds is 6. The maximum absolute atomic E-state index is 12.0. The van der Waals surface area contributed by atoms with Crippen LogP contribution in [0, 0.1) is 5.92 Å². The van der Waals surface area contributed by atoms with Crippen molar-refractivity contribution in [1.29, 1.82) is 0 Å². The number of likely N-dealkylation sites (N-methyl/N-ethyl adjacent to an activating group) is 1. The van der Waals surface area contributed by atoms with Crippen LogP contribution in [0.4, 0.5) is 5.95 Å². The number of anilines is 1. The second kappa shape index (κ2) is 6.08. The van der Waals surface area contributed by atoms with E-state index in [0.717, 1.165) is 12.8 Å². The smallest absolute Gasteiger partial charge is 0.243 e. The first-order valence-electron chi connectivity index (χ1n) is 6.54. The lowest BCUT2D eigenvalue weighted by atomic mass is 10.2. The summed E-state index contributed by atoms with van der Waals surface area (Å²) in [7, 11) is 1.84. The zero-order valence-electron chi connectivity index (χ0n) is 11.3. The number of amides is 1. The SMILES string of the molecule is CC(C(=O)Nc1ncccn1)N(C)CC(O)C1CC1. The van der Waals surface area contributed by atoms with Gasteiger partial charge in [-0.3, -0.25) is 15.0 Å². The second-order valence-corrected chi connectivity index (χ2v) is 5.08. The van der Waals surface area contributed by atoms with E-state index in [-0.39, 0.29) is 18.1 Å². The van der Waals surface area contributed by atoms with Gasteiger partial charge in [0.2, 0.25) is 11.9 Å². The summed E-state index contributed by atoms with van der Waals surface area (Å²) >= 11 is 0. The van der Waals surface area contributed by atoms with Crippen molar-refractivity contribution in [1.82, 2.24) is 14.9 Å². The Bertz CT molecular complexity index is 422. The highest BCUT2D eigenvalue weighted by molar-refractivity contribution is 5.92. The molecular formula is C13H20N4O2. The van der Waals surface area contributed by atoms with Gasteiger partial charge < -0.3 is 5.11 Å². The van der Waals surface area contributed by atoms with E-state index in [1.807, 2.05) is 11.9 Å². The molecule has 1 fully saturated rings. The summed E-state index contributed by atoms with van der Waals surface area (Å²) in [6.07, 6.45) is 5.00. The fourth-order valence-electron chi connectivity index (χ4n) is 1.86. The number of aliphatic hydroxyl groups excluding tert-OH is 1. The Morgan fingerprint density at radius 1 is 1.53 bits per heavy atom. The maximum atomic E-state index is 12.0. The van der Waals surface area contributed by atoms with Crippen molar-refractivity contribution in [2.24, 2.45) is 5.92 Å². The van der Waals surface area contributed by atoms with Crippen LogP contribution in [-0.2, 0) is 4.79 Å². The molecule has 0 aliphatic heterocycles. The summed E-state index contributed by atoms with van der Waals surface area (Å²) in [4.78, 5) is 21.8. The van der Waals surface area contributed by atoms with E-state index >= 15 is 0 Å². The summed E-state index contributed by atoms with van der Waals surface area (Å²) in [5.74, 6) is 0.544. The van der Waals surface area contributed by atoms with Crippen molar-refractivity contribution in [2.75, 3.05) is 18.9 Å². The first-order chi connectivity index (χ1) is 9.08. The van der Waals surface area contributed by atoms with E-state index in [1.165, 1.54) is 0 Å². The zero-order chi connectivity index (χ0) is 13.8. The normalized spacial score (nSPS) is 18.1. The van der Waals surface area contributed by atoms with Gasteiger partial charge in [-0.25, -0.2) is 9.97 Å². The number of aliphatic hydroxyl groups is 1. The van der Waals surface area contributed by atoms with Gasteiger partial charge in [-0.2, -0.15) is 0 Å². The van der Waals surface area contributed by atoms with Crippen LogP contribution in [0.2, 0.25) is 0 Å². The molecule has 2 unspecified atom stereocenters. The number of aromatic nitrogens is 2. The number of hydrogen-bond acceptors (Lipinski definition) is 5. The number of hydrogen-bond donors (Lipinski definition) is 2. The van der Waals surface area contributed by atoms with Crippen molar-refractivity contribution < 1.29 is 9.90 Å². The van der Waals surface area contributed by atoms with Crippen LogP contribution < -0.4 is 5.32 Å². The molecule has 6 nitrogen and oxygen atoms in total. The molecule has 1 aromatic heterocycles. The van der Waals surface area contributed by atoms with Crippen LogP contribution in [0.1, 0.15) is 19.8 Å². The van der Waals surface area contributed by atoms with Gasteiger partial charge in [-0.1, -0.05) is 0 Å².